The monoisotopic (exact) mass is 453 g/mol. The standard InChI is InChI=1S/C24H39NO7/c1-5-25-10-21(11-30-2)14-6-12-19(25)24(14,16(31-3)7-15(21)26)13-8-23(29)17(32-4)9-22(12,28)18(13)20(23)27/h12-20,26-29H,5-11H2,1-4H3/t12-,13?,14+,15+,16-,17-,18?,19?,20+,21+,22-,23-,24+/m0/s1. The number of nitrogens with zero attached hydrogens (tertiary/aromatic N) is 1. The van der Waals surface area contributed by atoms with Gasteiger partial charge in [0.1, 0.15) is 5.60 Å². The molecular formula is C24H39NO7. The highest BCUT2D eigenvalue weighted by atomic mass is 16.5. The summed E-state index contributed by atoms with van der Waals surface area (Å²) in [6, 6.07) is 0.0799. The normalized spacial score (nSPS) is 62.4. The fourth-order valence-corrected chi connectivity index (χ4v) is 10.6. The fourth-order valence-electron chi connectivity index (χ4n) is 10.6. The molecule has 0 radical (unpaired) electrons. The van der Waals surface area contributed by atoms with Crippen LogP contribution >= 0.6 is 0 Å². The Morgan fingerprint density at radius 1 is 0.938 bits per heavy atom. The molecule has 3 unspecified atom stereocenters. The first-order chi connectivity index (χ1) is 15.2. The van der Waals surface area contributed by atoms with E-state index in [-0.39, 0.29) is 35.3 Å². The van der Waals surface area contributed by atoms with Crippen LogP contribution in [0.1, 0.15) is 32.6 Å². The van der Waals surface area contributed by atoms with Gasteiger partial charge in [-0.15, -0.1) is 0 Å². The van der Waals surface area contributed by atoms with Crippen LogP contribution in [-0.4, -0.2) is 108 Å². The van der Waals surface area contributed by atoms with Gasteiger partial charge in [-0.05, 0) is 31.2 Å². The van der Waals surface area contributed by atoms with Gasteiger partial charge in [0.2, 0.25) is 0 Å². The smallest absolute Gasteiger partial charge is 0.117 e. The van der Waals surface area contributed by atoms with Crippen LogP contribution in [0, 0.1) is 34.5 Å². The van der Waals surface area contributed by atoms with E-state index in [1.165, 1.54) is 0 Å². The Labute approximate surface area is 189 Å². The van der Waals surface area contributed by atoms with E-state index < -0.39 is 40.8 Å². The van der Waals surface area contributed by atoms with Crippen LogP contribution in [0.5, 0.6) is 0 Å². The zero-order valence-corrected chi connectivity index (χ0v) is 19.6. The first-order valence-electron chi connectivity index (χ1n) is 12.3. The van der Waals surface area contributed by atoms with E-state index in [4.69, 9.17) is 14.2 Å². The highest BCUT2D eigenvalue weighted by Gasteiger charge is 2.86. The Bertz CT molecular complexity index is 798. The van der Waals surface area contributed by atoms with Gasteiger partial charge in [0, 0.05) is 69.4 Å². The van der Waals surface area contributed by atoms with Crippen molar-refractivity contribution in [3.8, 4) is 0 Å². The minimum Gasteiger partial charge on any atom is -0.392 e. The number of piperidine rings is 1. The summed E-state index contributed by atoms with van der Waals surface area (Å²) >= 11 is 0. The van der Waals surface area contributed by atoms with Crippen molar-refractivity contribution in [3.63, 3.8) is 0 Å². The lowest BCUT2D eigenvalue weighted by molar-refractivity contribution is -0.298. The molecule has 6 aliphatic rings. The van der Waals surface area contributed by atoms with Crippen LogP contribution in [0.3, 0.4) is 0 Å². The van der Waals surface area contributed by atoms with Crippen molar-refractivity contribution in [1.82, 2.24) is 4.90 Å². The molecule has 7 bridgehead atoms. The Balaban J connectivity index is 1.61. The van der Waals surface area contributed by atoms with Crippen LogP contribution < -0.4 is 0 Å². The summed E-state index contributed by atoms with van der Waals surface area (Å²) in [5, 5.41) is 47.0. The minimum absolute atomic E-state index is 0.0784. The molecule has 0 aromatic rings. The maximum absolute atomic E-state index is 12.4. The molecule has 13 atom stereocenters. The van der Waals surface area contributed by atoms with Crippen molar-refractivity contribution >= 4 is 0 Å². The molecule has 32 heavy (non-hydrogen) atoms. The van der Waals surface area contributed by atoms with Crippen molar-refractivity contribution in [2.45, 2.75) is 74.3 Å². The number of hydrogen-bond acceptors (Lipinski definition) is 8. The van der Waals surface area contributed by atoms with Crippen molar-refractivity contribution in [1.29, 1.82) is 0 Å². The maximum Gasteiger partial charge on any atom is 0.117 e. The number of rotatable bonds is 5. The molecule has 5 saturated carbocycles. The van der Waals surface area contributed by atoms with E-state index >= 15 is 0 Å². The molecule has 0 amide bonds. The molecule has 182 valence electrons. The lowest BCUT2D eigenvalue weighted by Crippen LogP contribution is -2.78. The number of aliphatic hydroxyl groups excluding tert-OH is 2. The van der Waals surface area contributed by atoms with Crippen LogP contribution in [0.4, 0.5) is 0 Å². The number of methoxy groups -OCH3 is 3. The molecule has 1 saturated heterocycles. The summed E-state index contributed by atoms with van der Waals surface area (Å²) in [5.41, 5.74) is -3.32. The highest BCUT2D eigenvalue weighted by Crippen LogP contribution is 2.79. The molecule has 8 heteroatoms. The Morgan fingerprint density at radius 3 is 2.28 bits per heavy atom. The van der Waals surface area contributed by atoms with Gasteiger partial charge in [0.25, 0.3) is 0 Å². The van der Waals surface area contributed by atoms with Crippen molar-refractivity contribution in [2.75, 3.05) is 41.0 Å². The SMILES string of the molecule is CCN1C[C@]2(COC)[C@H](O)C[C@H](OC)[C@@]34C5C[C@]6(O)[C@@H](OC)C[C@@](O)(C5[C@H]6O)[C@@H](C[C@H]23)C14. The summed E-state index contributed by atoms with van der Waals surface area (Å²) in [4.78, 5) is 2.44. The molecule has 8 nitrogen and oxygen atoms in total. The molecule has 1 spiro atoms. The van der Waals surface area contributed by atoms with Gasteiger partial charge >= 0.3 is 0 Å². The molecule has 1 aliphatic heterocycles. The van der Waals surface area contributed by atoms with E-state index in [1.807, 2.05) is 0 Å². The van der Waals surface area contributed by atoms with Gasteiger partial charge in [-0.1, -0.05) is 6.92 Å². The second-order valence-electron chi connectivity index (χ2n) is 11.7. The minimum atomic E-state index is -1.38. The molecule has 0 aromatic carbocycles. The number of fused-ring (bicyclic) bond motifs is 2. The lowest BCUT2D eigenvalue weighted by atomic mass is 9.42. The van der Waals surface area contributed by atoms with Crippen molar-refractivity contribution in [2.24, 2.45) is 34.5 Å². The first kappa shape index (κ1) is 22.2. The number of aliphatic hydroxyl groups is 4. The second-order valence-corrected chi connectivity index (χ2v) is 11.7. The van der Waals surface area contributed by atoms with Gasteiger partial charge in [0.15, 0.2) is 0 Å². The molecule has 5 aliphatic carbocycles. The number of ether oxygens (including phenoxy) is 3. The predicted molar refractivity (Wildman–Crippen MR) is 114 cm³/mol. The summed E-state index contributed by atoms with van der Waals surface area (Å²) in [7, 11) is 4.98. The van der Waals surface area contributed by atoms with E-state index in [0.717, 1.165) is 19.5 Å². The molecule has 0 aromatic heterocycles. The summed E-state index contributed by atoms with van der Waals surface area (Å²) in [6.07, 6.45) is -0.411. The largest absolute Gasteiger partial charge is 0.392 e. The van der Waals surface area contributed by atoms with Crippen LogP contribution in [-0.2, 0) is 14.2 Å². The molecular weight excluding hydrogens is 414 g/mol. The van der Waals surface area contributed by atoms with Gasteiger partial charge in [-0.25, -0.2) is 0 Å². The zero-order valence-electron chi connectivity index (χ0n) is 19.6. The Hall–Kier alpha value is -0.320. The zero-order chi connectivity index (χ0) is 22.8. The summed E-state index contributed by atoms with van der Waals surface area (Å²) in [6.45, 7) is 4.13. The highest BCUT2D eigenvalue weighted by molar-refractivity contribution is 5.36. The Kier molecular flexibility index (Phi) is 4.62. The summed E-state index contributed by atoms with van der Waals surface area (Å²) < 4.78 is 17.6. The van der Waals surface area contributed by atoms with Crippen molar-refractivity contribution < 1.29 is 34.6 Å². The van der Waals surface area contributed by atoms with Crippen LogP contribution in [0.2, 0.25) is 0 Å². The van der Waals surface area contributed by atoms with E-state index in [1.54, 1.807) is 21.3 Å². The van der Waals surface area contributed by atoms with Crippen molar-refractivity contribution in [3.05, 3.63) is 0 Å². The van der Waals surface area contributed by atoms with Gasteiger partial charge in [0.05, 0.1) is 36.6 Å². The van der Waals surface area contributed by atoms with Gasteiger partial charge in [-0.2, -0.15) is 0 Å². The fraction of sp³-hybridized carbons (Fsp3) is 1.00. The maximum atomic E-state index is 12.4. The third-order valence-corrected chi connectivity index (χ3v) is 11.4. The predicted octanol–water partition coefficient (Wildman–Crippen LogP) is -0.383. The van der Waals surface area contributed by atoms with E-state index in [0.29, 0.717) is 25.9 Å². The lowest BCUT2D eigenvalue weighted by Gasteiger charge is -2.70. The number of likely N-dealkylation sites (tertiary alicyclic amines) is 1. The molecule has 6 fully saturated rings. The van der Waals surface area contributed by atoms with Crippen LogP contribution in [0.15, 0.2) is 0 Å². The summed E-state index contributed by atoms with van der Waals surface area (Å²) in [5.74, 6) is -0.526. The van der Waals surface area contributed by atoms with E-state index in [2.05, 4.69) is 11.8 Å². The second kappa shape index (κ2) is 6.66. The molecule has 1 heterocycles. The Morgan fingerprint density at radius 2 is 1.66 bits per heavy atom. The topological polar surface area (TPSA) is 112 Å². The average molecular weight is 454 g/mol. The van der Waals surface area contributed by atoms with E-state index in [9.17, 15) is 20.4 Å². The first-order valence-corrected chi connectivity index (χ1v) is 12.3. The quantitative estimate of drug-likeness (QED) is 0.446. The van der Waals surface area contributed by atoms with Gasteiger partial charge < -0.3 is 34.6 Å². The third kappa shape index (κ3) is 2.07. The van der Waals surface area contributed by atoms with Gasteiger partial charge in [-0.3, -0.25) is 4.90 Å². The molecule has 4 N–H and O–H groups in total. The molecule has 6 rings (SSSR count). The number of hydrogen-bond donors (Lipinski definition) is 4. The average Bonchev–Trinajstić information content (AvgIpc) is 3.14. The third-order valence-electron chi connectivity index (χ3n) is 11.4. The van der Waals surface area contributed by atoms with Crippen LogP contribution in [0.25, 0.3) is 0 Å².